The molecule has 3 heteroatoms. The predicted octanol–water partition coefficient (Wildman–Crippen LogP) is 1.01. The second kappa shape index (κ2) is 6.46. The van der Waals surface area contributed by atoms with Gasteiger partial charge in [0, 0.05) is 38.3 Å². The predicted molar refractivity (Wildman–Crippen MR) is 66.3 cm³/mol. The van der Waals surface area contributed by atoms with Gasteiger partial charge in [-0.15, -0.1) is 0 Å². The number of nitrogens with one attached hydrogen (secondary N) is 1. The molecule has 3 nitrogen and oxygen atoms in total. The van der Waals surface area contributed by atoms with Gasteiger partial charge in [-0.25, -0.2) is 0 Å². The molecule has 15 heavy (non-hydrogen) atoms. The van der Waals surface area contributed by atoms with Crippen LogP contribution < -0.4 is 5.32 Å². The van der Waals surface area contributed by atoms with Crippen LogP contribution in [0.25, 0.3) is 0 Å². The number of rotatable bonds is 5. The number of likely N-dealkylation sites (N-methyl/N-ethyl adjacent to an activating group) is 1. The highest BCUT2D eigenvalue weighted by atomic mass is 15.3. The number of piperazine rings is 1. The van der Waals surface area contributed by atoms with Crippen molar-refractivity contribution in [3.63, 3.8) is 0 Å². The van der Waals surface area contributed by atoms with E-state index in [1.54, 1.807) is 0 Å². The monoisotopic (exact) mass is 213 g/mol. The third-order valence-corrected chi connectivity index (χ3v) is 3.41. The van der Waals surface area contributed by atoms with Gasteiger partial charge in [0.05, 0.1) is 0 Å². The zero-order valence-corrected chi connectivity index (χ0v) is 10.8. The zero-order valence-electron chi connectivity index (χ0n) is 10.8. The Morgan fingerprint density at radius 1 is 1.13 bits per heavy atom. The molecule has 0 aromatic carbocycles. The summed E-state index contributed by atoms with van der Waals surface area (Å²) < 4.78 is 0. The quantitative estimate of drug-likeness (QED) is 0.735. The molecule has 0 aromatic rings. The van der Waals surface area contributed by atoms with Crippen molar-refractivity contribution >= 4 is 0 Å². The standard InChI is InChI=1S/C12H27N3/c1-5-13-11(2)10-12(3)15-8-6-14(4)7-9-15/h11-13H,5-10H2,1-4H3. The minimum Gasteiger partial charge on any atom is -0.314 e. The van der Waals surface area contributed by atoms with Crippen molar-refractivity contribution in [1.29, 1.82) is 0 Å². The summed E-state index contributed by atoms with van der Waals surface area (Å²) in [6, 6.07) is 1.36. The van der Waals surface area contributed by atoms with E-state index >= 15 is 0 Å². The van der Waals surface area contributed by atoms with Crippen LogP contribution in [0.5, 0.6) is 0 Å². The number of hydrogen-bond acceptors (Lipinski definition) is 3. The number of nitrogens with zero attached hydrogens (tertiary/aromatic N) is 2. The van der Waals surface area contributed by atoms with Crippen LogP contribution in [0.4, 0.5) is 0 Å². The van der Waals surface area contributed by atoms with Crippen LogP contribution in [0.3, 0.4) is 0 Å². The molecule has 0 radical (unpaired) electrons. The Hall–Kier alpha value is -0.120. The maximum absolute atomic E-state index is 3.49. The van der Waals surface area contributed by atoms with Gasteiger partial charge in [0.1, 0.15) is 0 Å². The molecule has 1 heterocycles. The summed E-state index contributed by atoms with van der Waals surface area (Å²) in [4.78, 5) is 5.03. The lowest BCUT2D eigenvalue weighted by atomic mass is 10.1. The van der Waals surface area contributed by atoms with Gasteiger partial charge in [-0.3, -0.25) is 4.90 Å². The average molecular weight is 213 g/mol. The van der Waals surface area contributed by atoms with Crippen molar-refractivity contribution in [2.45, 2.75) is 39.3 Å². The molecule has 1 aliphatic heterocycles. The summed E-state index contributed by atoms with van der Waals surface area (Å²) in [7, 11) is 2.21. The molecular weight excluding hydrogens is 186 g/mol. The van der Waals surface area contributed by atoms with Gasteiger partial charge in [-0.1, -0.05) is 6.92 Å². The smallest absolute Gasteiger partial charge is 0.0113 e. The van der Waals surface area contributed by atoms with E-state index in [2.05, 4.69) is 42.9 Å². The lowest BCUT2D eigenvalue weighted by molar-refractivity contribution is 0.110. The van der Waals surface area contributed by atoms with Gasteiger partial charge in [-0.05, 0) is 33.9 Å². The first-order valence-corrected chi connectivity index (χ1v) is 6.29. The molecule has 1 N–H and O–H groups in total. The molecule has 1 aliphatic rings. The molecule has 0 saturated carbocycles. The van der Waals surface area contributed by atoms with E-state index in [0.717, 1.165) is 6.54 Å². The largest absolute Gasteiger partial charge is 0.314 e. The molecule has 2 atom stereocenters. The fourth-order valence-electron chi connectivity index (χ4n) is 2.36. The van der Waals surface area contributed by atoms with Crippen molar-refractivity contribution in [2.75, 3.05) is 39.8 Å². The van der Waals surface area contributed by atoms with Crippen LogP contribution in [0.2, 0.25) is 0 Å². The van der Waals surface area contributed by atoms with Gasteiger partial charge < -0.3 is 10.2 Å². The molecule has 2 unspecified atom stereocenters. The molecule has 90 valence electrons. The van der Waals surface area contributed by atoms with Crippen LogP contribution in [0, 0.1) is 0 Å². The fourth-order valence-corrected chi connectivity index (χ4v) is 2.36. The molecule has 1 fully saturated rings. The van der Waals surface area contributed by atoms with E-state index in [1.165, 1.54) is 32.6 Å². The van der Waals surface area contributed by atoms with Crippen LogP contribution in [0.1, 0.15) is 27.2 Å². The van der Waals surface area contributed by atoms with E-state index in [0.29, 0.717) is 12.1 Å². The first-order chi connectivity index (χ1) is 7.13. The lowest BCUT2D eigenvalue weighted by Crippen LogP contribution is -2.49. The molecule has 0 bridgehead atoms. The van der Waals surface area contributed by atoms with Crippen molar-refractivity contribution < 1.29 is 0 Å². The highest BCUT2D eigenvalue weighted by molar-refractivity contribution is 4.77. The topological polar surface area (TPSA) is 18.5 Å². The molecule has 1 rings (SSSR count). The van der Waals surface area contributed by atoms with Crippen molar-refractivity contribution in [2.24, 2.45) is 0 Å². The maximum atomic E-state index is 3.49. The Morgan fingerprint density at radius 3 is 2.27 bits per heavy atom. The van der Waals surface area contributed by atoms with Gasteiger partial charge in [0.15, 0.2) is 0 Å². The van der Waals surface area contributed by atoms with E-state index in [9.17, 15) is 0 Å². The van der Waals surface area contributed by atoms with E-state index in [4.69, 9.17) is 0 Å². The third kappa shape index (κ3) is 4.49. The molecule has 0 aromatic heterocycles. The van der Waals surface area contributed by atoms with Crippen molar-refractivity contribution in [3.05, 3.63) is 0 Å². The van der Waals surface area contributed by atoms with Crippen LogP contribution in [-0.4, -0.2) is 61.7 Å². The van der Waals surface area contributed by atoms with Crippen LogP contribution in [0.15, 0.2) is 0 Å². The Kier molecular flexibility index (Phi) is 5.58. The zero-order chi connectivity index (χ0) is 11.3. The van der Waals surface area contributed by atoms with Gasteiger partial charge >= 0.3 is 0 Å². The van der Waals surface area contributed by atoms with E-state index < -0.39 is 0 Å². The fraction of sp³-hybridized carbons (Fsp3) is 1.00. The highest BCUT2D eigenvalue weighted by Gasteiger charge is 2.20. The van der Waals surface area contributed by atoms with E-state index in [-0.39, 0.29) is 0 Å². The number of hydrogen-bond donors (Lipinski definition) is 1. The average Bonchev–Trinajstić information content (AvgIpc) is 2.18. The van der Waals surface area contributed by atoms with Crippen molar-refractivity contribution in [1.82, 2.24) is 15.1 Å². The molecular formula is C12H27N3. The minimum absolute atomic E-state index is 0.643. The van der Waals surface area contributed by atoms with Crippen LogP contribution >= 0.6 is 0 Å². The minimum atomic E-state index is 0.643. The van der Waals surface area contributed by atoms with E-state index in [1.807, 2.05) is 0 Å². The Labute approximate surface area is 94.8 Å². The summed E-state index contributed by atoms with van der Waals surface area (Å²) in [5.74, 6) is 0. The Balaban J connectivity index is 2.24. The third-order valence-electron chi connectivity index (χ3n) is 3.41. The molecule has 0 aliphatic carbocycles. The second-order valence-electron chi connectivity index (χ2n) is 4.88. The molecule has 0 spiro atoms. The van der Waals surface area contributed by atoms with Crippen LogP contribution in [-0.2, 0) is 0 Å². The van der Waals surface area contributed by atoms with Gasteiger partial charge in [-0.2, -0.15) is 0 Å². The summed E-state index contributed by atoms with van der Waals surface area (Å²) in [6.45, 7) is 12.8. The summed E-state index contributed by atoms with van der Waals surface area (Å²) >= 11 is 0. The highest BCUT2D eigenvalue weighted by Crippen LogP contribution is 2.09. The van der Waals surface area contributed by atoms with Gasteiger partial charge in [0.25, 0.3) is 0 Å². The first kappa shape index (κ1) is 12.9. The maximum Gasteiger partial charge on any atom is 0.0113 e. The molecule has 0 amide bonds. The summed E-state index contributed by atoms with van der Waals surface area (Å²) in [5, 5.41) is 3.49. The van der Waals surface area contributed by atoms with Gasteiger partial charge in [0.2, 0.25) is 0 Å². The first-order valence-electron chi connectivity index (χ1n) is 6.29. The summed E-state index contributed by atoms with van der Waals surface area (Å²) in [5.41, 5.74) is 0. The lowest BCUT2D eigenvalue weighted by Gasteiger charge is -2.37. The Morgan fingerprint density at radius 2 is 1.73 bits per heavy atom. The SMILES string of the molecule is CCNC(C)CC(C)N1CCN(C)CC1. The molecule has 1 saturated heterocycles. The Bertz CT molecular complexity index is 164. The summed E-state index contributed by atoms with van der Waals surface area (Å²) in [6.07, 6.45) is 1.26. The normalized spacial score (nSPS) is 24.0. The van der Waals surface area contributed by atoms with Crippen molar-refractivity contribution in [3.8, 4) is 0 Å². The second-order valence-corrected chi connectivity index (χ2v) is 4.88.